The number of hydrogen-bond acceptors (Lipinski definition) is 5. The maximum absolute atomic E-state index is 11.2. The van der Waals surface area contributed by atoms with E-state index >= 15 is 0 Å². The van der Waals surface area contributed by atoms with Gasteiger partial charge in [0.2, 0.25) is 0 Å². The molecule has 8 heteroatoms. The van der Waals surface area contributed by atoms with E-state index in [1.54, 1.807) is 17.0 Å². The lowest BCUT2D eigenvalue weighted by Crippen LogP contribution is -2.18. The first-order chi connectivity index (χ1) is 8.90. The first-order valence-electron chi connectivity index (χ1n) is 5.64. The Kier molecular flexibility index (Phi) is 6.23. The van der Waals surface area contributed by atoms with Gasteiger partial charge in [0.15, 0.2) is 5.16 Å². The van der Waals surface area contributed by atoms with Crippen LogP contribution in [0, 0.1) is 0 Å². The van der Waals surface area contributed by atoms with Crippen LogP contribution in [0.2, 0.25) is 0 Å². The minimum atomic E-state index is -0.961. The fraction of sp³-hybridized carbons (Fsp3) is 0.545. The Bertz CT molecular complexity index is 530. The fourth-order valence-corrected chi connectivity index (χ4v) is 2.91. The Balaban J connectivity index is 2.88. The van der Waals surface area contributed by atoms with E-state index in [9.17, 15) is 13.8 Å². The van der Waals surface area contributed by atoms with Gasteiger partial charge < -0.3 is 9.67 Å². The van der Waals surface area contributed by atoms with Crippen molar-refractivity contribution in [3.8, 4) is 0 Å². The highest BCUT2D eigenvalue weighted by Gasteiger charge is 2.12. The molecule has 0 aromatic carbocycles. The molecule has 1 aromatic rings. The van der Waals surface area contributed by atoms with Gasteiger partial charge in [-0.15, -0.1) is 0 Å². The van der Waals surface area contributed by atoms with E-state index in [1.807, 2.05) is 6.92 Å². The third kappa shape index (κ3) is 5.56. The molecule has 2 atom stereocenters. The van der Waals surface area contributed by atoms with Crippen LogP contribution in [-0.2, 0) is 15.6 Å². The molecule has 106 valence electrons. The van der Waals surface area contributed by atoms with Crippen molar-refractivity contribution in [2.75, 3.05) is 17.8 Å². The van der Waals surface area contributed by atoms with E-state index in [0.717, 1.165) is 11.8 Å². The Morgan fingerprint density at radius 1 is 1.63 bits per heavy atom. The molecule has 0 bridgehead atoms. The zero-order chi connectivity index (χ0) is 14.4. The topological polar surface area (TPSA) is 89.3 Å². The molecule has 0 aliphatic carbocycles. The van der Waals surface area contributed by atoms with Crippen LogP contribution in [0.5, 0.6) is 0 Å². The second-order valence-corrected chi connectivity index (χ2v) is 6.55. The number of hydrogen-bond donors (Lipinski definition) is 1. The third-order valence-electron chi connectivity index (χ3n) is 2.43. The van der Waals surface area contributed by atoms with Crippen LogP contribution in [0.3, 0.4) is 0 Å². The van der Waals surface area contributed by atoms with Crippen molar-refractivity contribution in [1.29, 1.82) is 0 Å². The second-order valence-electron chi connectivity index (χ2n) is 4.05. The number of nitrogens with zero attached hydrogens (tertiary/aromatic N) is 2. The highest BCUT2D eigenvalue weighted by Crippen LogP contribution is 2.20. The lowest BCUT2D eigenvalue weighted by molar-refractivity contribution is -0.133. The Hall–Kier alpha value is -1.15. The van der Waals surface area contributed by atoms with Gasteiger partial charge in [-0.05, 0) is 13.3 Å². The number of rotatable bonds is 7. The van der Waals surface area contributed by atoms with Crippen LogP contribution in [0.1, 0.15) is 19.4 Å². The summed E-state index contributed by atoms with van der Waals surface area (Å²) < 4.78 is 12.8. The zero-order valence-electron chi connectivity index (χ0n) is 10.7. The van der Waals surface area contributed by atoms with E-state index in [2.05, 4.69) is 4.98 Å². The molecule has 1 rings (SSSR count). The first kappa shape index (κ1) is 15.9. The van der Waals surface area contributed by atoms with Gasteiger partial charge in [0.1, 0.15) is 0 Å². The van der Waals surface area contributed by atoms with Gasteiger partial charge in [-0.25, -0.2) is 0 Å². The van der Waals surface area contributed by atoms with Gasteiger partial charge in [0.25, 0.3) is 5.56 Å². The van der Waals surface area contributed by atoms with Crippen LogP contribution >= 0.6 is 11.8 Å². The smallest absolute Gasteiger partial charge is 0.313 e. The number of carbonyl (C=O) groups is 1. The third-order valence-corrected chi connectivity index (χ3v) is 4.19. The molecule has 0 aliphatic rings. The highest BCUT2D eigenvalue weighted by molar-refractivity contribution is 7.99. The van der Waals surface area contributed by atoms with E-state index in [0.29, 0.717) is 17.3 Å². The molecule has 0 aliphatic heterocycles. The molecule has 6 nitrogen and oxygen atoms in total. The van der Waals surface area contributed by atoms with Gasteiger partial charge in [0, 0.05) is 41.1 Å². The molecular weight excluding hydrogens is 288 g/mol. The summed E-state index contributed by atoms with van der Waals surface area (Å²) in [5.41, 5.74) is -0.393. The van der Waals surface area contributed by atoms with Crippen molar-refractivity contribution in [2.24, 2.45) is 0 Å². The molecule has 1 heterocycles. The minimum absolute atomic E-state index is 0.00768. The SMILES string of the molecule is CC(CCS(C)=O)n1ccc(=O)nc1SCC(=O)O. The van der Waals surface area contributed by atoms with Crippen molar-refractivity contribution < 1.29 is 14.1 Å². The van der Waals surface area contributed by atoms with Gasteiger partial charge in [0.05, 0.1) is 5.75 Å². The molecule has 0 radical (unpaired) electrons. The number of aromatic nitrogens is 2. The molecule has 0 fully saturated rings. The van der Waals surface area contributed by atoms with Crippen molar-refractivity contribution in [3.05, 3.63) is 22.6 Å². The summed E-state index contributed by atoms with van der Waals surface area (Å²) in [6.45, 7) is 1.92. The van der Waals surface area contributed by atoms with Gasteiger partial charge in [-0.3, -0.25) is 13.8 Å². The predicted molar refractivity (Wildman–Crippen MR) is 75.1 cm³/mol. The summed E-state index contributed by atoms with van der Waals surface area (Å²) in [6.07, 6.45) is 3.91. The largest absolute Gasteiger partial charge is 0.481 e. The summed E-state index contributed by atoms with van der Waals surface area (Å²) >= 11 is 1.01. The van der Waals surface area contributed by atoms with Crippen LogP contribution < -0.4 is 5.56 Å². The van der Waals surface area contributed by atoms with Gasteiger partial charge in [-0.1, -0.05) is 11.8 Å². The molecule has 0 spiro atoms. The molecule has 1 aromatic heterocycles. The standard InChI is InChI=1S/C11H16N2O4S2/c1-8(4-6-19(2)17)13-5-3-9(14)12-11(13)18-7-10(15)16/h3,5,8H,4,6-7H2,1-2H3,(H,15,16). The number of carboxylic acid groups (broad SMARTS) is 1. The van der Waals surface area contributed by atoms with Crippen molar-refractivity contribution in [3.63, 3.8) is 0 Å². The molecule has 0 saturated heterocycles. The summed E-state index contributed by atoms with van der Waals surface area (Å²) in [7, 11) is -0.878. The van der Waals surface area contributed by atoms with Crippen molar-refractivity contribution in [1.82, 2.24) is 9.55 Å². The summed E-state index contributed by atoms with van der Waals surface area (Å²) in [5.74, 6) is -0.559. The quantitative estimate of drug-likeness (QED) is 0.590. The summed E-state index contributed by atoms with van der Waals surface area (Å²) in [5, 5.41) is 9.05. The number of thioether (sulfide) groups is 1. The average molecular weight is 304 g/mol. The monoisotopic (exact) mass is 304 g/mol. The lowest BCUT2D eigenvalue weighted by Gasteiger charge is -2.18. The van der Waals surface area contributed by atoms with E-state index in [1.165, 1.54) is 6.07 Å². The summed E-state index contributed by atoms with van der Waals surface area (Å²) in [4.78, 5) is 25.6. The normalized spacial score (nSPS) is 14.0. The molecule has 2 unspecified atom stereocenters. The Morgan fingerprint density at radius 3 is 2.89 bits per heavy atom. The van der Waals surface area contributed by atoms with Gasteiger partial charge in [-0.2, -0.15) is 4.98 Å². The number of aliphatic carboxylic acids is 1. The maximum Gasteiger partial charge on any atom is 0.313 e. The van der Waals surface area contributed by atoms with Crippen molar-refractivity contribution in [2.45, 2.75) is 24.5 Å². The molecular formula is C11H16N2O4S2. The molecule has 1 N–H and O–H groups in total. The van der Waals surface area contributed by atoms with Crippen LogP contribution in [0.15, 0.2) is 22.2 Å². The van der Waals surface area contributed by atoms with Gasteiger partial charge >= 0.3 is 5.97 Å². The number of carboxylic acids is 1. The minimum Gasteiger partial charge on any atom is -0.481 e. The zero-order valence-corrected chi connectivity index (χ0v) is 12.4. The maximum atomic E-state index is 11.2. The van der Waals surface area contributed by atoms with Crippen LogP contribution in [0.4, 0.5) is 0 Å². The Morgan fingerprint density at radius 2 is 2.32 bits per heavy atom. The van der Waals surface area contributed by atoms with Crippen LogP contribution in [-0.4, -0.2) is 42.6 Å². The Labute approximate surface area is 117 Å². The molecule has 19 heavy (non-hydrogen) atoms. The first-order valence-corrected chi connectivity index (χ1v) is 8.35. The van der Waals surface area contributed by atoms with Crippen molar-refractivity contribution >= 4 is 28.5 Å². The average Bonchev–Trinajstić information content (AvgIpc) is 2.33. The second kappa shape index (κ2) is 7.44. The molecule has 0 saturated carbocycles. The van der Waals surface area contributed by atoms with E-state index in [4.69, 9.17) is 5.11 Å². The lowest BCUT2D eigenvalue weighted by atomic mass is 10.2. The fourth-order valence-electron chi connectivity index (χ4n) is 1.44. The highest BCUT2D eigenvalue weighted by atomic mass is 32.2. The summed E-state index contributed by atoms with van der Waals surface area (Å²) in [6, 6.07) is 1.35. The van der Waals surface area contributed by atoms with Crippen LogP contribution in [0.25, 0.3) is 0 Å². The van der Waals surface area contributed by atoms with E-state index < -0.39 is 22.3 Å². The molecule has 0 amide bonds. The predicted octanol–water partition coefficient (Wildman–Crippen LogP) is 0.750. The van der Waals surface area contributed by atoms with E-state index in [-0.39, 0.29) is 11.8 Å².